The molecule has 0 saturated heterocycles. The van der Waals surface area contributed by atoms with Crippen LogP contribution in [0.4, 0.5) is 0 Å². The number of halogens is 2. The molecule has 7 heteroatoms. The summed E-state index contributed by atoms with van der Waals surface area (Å²) in [5.74, 6) is 0.860. The van der Waals surface area contributed by atoms with E-state index >= 15 is 0 Å². The van der Waals surface area contributed by atoms with Crippen LogP contribution in [0.5, 0.6) is 11.5 Å². The number of hydrogen-bond acceptors (Lipinski definition) is 4. The average Bonchev–Trinajstić information content (AvgIpc) is 2.91. The Labute approximate surface area is 173 Å². The smallest absolute Gasteiger partial charge is 0.298 e. The maximum atomic E-state index is 12.8. The van der Waals surface area contributed by atoms with E-state index in [1.54, 1.807) is 60.7 Å². The molecule has 3 aromatic carbocycles. The molecule has 3 aromatic rings. The predicted molar refractivity (Wildman–Crippen MR) is 109 cm³/mol. The second kappa shape index (κ2) is 6.78. The topological polar surface area (TPSA) is 52.6 Å². The van der Waals surface area contributed by atoms with E-state index < -0.39 is 15.7 Å². The summed E-state index contributed by atoms with van der Waals surface area (Å²) in [7, 11) is -3.94. The molecule has 0 amide bonds. The third-order valence-electron chi connectivity index (χ3n) is 4.64. The Kier molecular flexibility index (Phi) is 4.67. The molecule has 0 fully saturated rings. The summed E-state index contributed by atoms with van der Waals surface area (Å²) in [5, 5.41) is 0.942. The summed E-state index contributed by atoms with van der Waals surface area (Å²) in [4.78, 5) is 0.142. The molecule has 0 aliphatic carbocycles. The van der Waals surface area contributed by atoms with Crippen molar-refractivity contribution in [2.45, 2.75) is 24.3 Å². The Morgan fingerprint density at radius 3 is 1.89 bits per heavy atom. The van der Waals surface area contributed by atoms with Gasteiger partial charge in [-0.3, -0.25) is 0 Å². The molecular formula is C21H16Cl2O4S. The van der Waals surface area contributed by atoms with Crippen molar-refractivity contribution in [2.24, 2.45) is 0 Å². The van der Waals surface area contributed by atoms with Gasteiger partial charge < -0.3 is 4.74 Å². The van der Waals surface area contributed by atoms with E-state index in [0.717, 1.165) is 0 Å². The SMILES string of the molecule is CC.O=S1(=O)OC2(c3ccc(Cl)cc3Oc3cc(Cl)ccc32)c2ccccc21. The third-order valence-corrected chi connectivity index (χ3v) is 6.47. The monoisotopic (exact) mass is 434 g/mol. The molecule has 0 saturated carbocycles. The van der Waals surface area contributed by atoms with Gasteiger partial charge in [0, 0.05) is 26.7 Å². The van der Waals surface area contributed by atoms with Crippen LogP contribution in [0.3, 0.4) is 0 Å². The molecule has 0 radical (unpaired) electrons. The molecule has 2 heterocycles. The summed E-state index contributed by atoms with van der Waals surface area (Å²) in [6.45, 7) is 4.00. The Morgan fingerprint density at radius 1 is 0.786 bits per heavy atom. The van der Waals surface area contributed by atoms with E-state index in [9.17, 15) is 8.42 Å². The Bertz CT molecular complexity index is 1140. The van der Waals surface area contributed by atoms with Crippen LogP contribution in [0.1, 0.15) is 30.5 Å². The van der Waals surface area contributed by atoms with Crippen LogP contribution in [0.15, 0.2) is 65.6 Å². The summed E-state index contributed by atoms with van der Waals surface area (Å²) < 4.78 is 37.3. The molecule has 2 aliphatic rings. The Hall–Kier alpha value is -2.05. The van der Waals surface area contributed by atoms with Crippen LogP contribution in [-0.4, -0.2) is 8.42 Å². The second-order valence-electron chi connectivity index (χ2n) is 6.10. The minimum Gasteiger partial charge on any atom is -0.456 e. The first-order valence-electron chi connectivity index (χ1n) is 8.75. The molecule has 4 nitrogen and oxygen atoms in total. The molecule has 1 spiro atoms. The molecule has 0 N–H and O–H groups in total. The van der Waals surface area contributed by atoms with Gasteiger partial charge in [0.2, 0.25) is 0 Å². The van der Waals surface area contributed by atoms with Gasteiger partial charge in [0.05, 0.1) is 0 Å². The lowest BCUT2D eigenvalue weighted by Gasteiger charge is -2.36. The number of rotatable bonds is 0. The lowest BCUT2D eigenvalue weighted by Crippen LogP contribution is -2.33. The van der Waals surface area contributed by atoms with E-state index in [4.69, 9.17) is 32.1 Å². The average molecular weight is 435 g/mol. The van der Waals surface area contributed by atoms with Crippen LogP contribution < -0.4 is 4.74 Å². The van der Waals surface area contributed by atoms with Gasteiger partial charge in [-0.15, -0.1) is 0 Å². The zero-order chi connectivity index (χ0) is 20.1. The molecule has 0 bridgehead atoms. The van der Waals surface area contributed by atoms with Crippen molar-refractivity contribution in [1.82, 2.24) is 0 Å². The maximum absolute atomic E-state index is 12.8. The van der Waals surface area contributed by atoms with Crippen LogP contribution in [0.2, 0.25) is 10.0 Å². The third kappa shape index (κ3) is 2.65. The Morgan fingerprint density at radius 2 is 1.32 bits per heavy atom. The molecule has 144 valence electrons. The number of fused-ring (bicyclic) bond motifs is 6. The standard InChI is InChI=1S/C19H10Cl2O4S.C2H6/c20-11-5-7-13-16(9-11)24-17-10-12(21)6-8-14(17)19(13)15-3-1-2-4-18(15)26(22,23)25-19;1-2/h1-10H;1-2H3. The quantitative estimate of drug-likeness (QED) is 0.399. The van der Waals surface area contributed by atoms with Crippen molar-refractivity contribution in [3.8, 4) is 11.5 Å². The molecule has 0 atom stereocenters. The van der Waals surface area contributed by atoms with Gasteiger partial charge in [0.25, 0.3) is 10.1 Å². The van der Waals surface area contributed by atoms with Crippen molar-refractivity contribution < 1.29 is 17.3 Å². The first kappa shape index (κ1) is 19.3. The maximum Gasteiger partial charge on any atom is 0.298 e. The van der Waals surface area contributed by atoms with Crippen molar-refractivity contribution in [2.75, 3.05) is 0 Å². The van der Waals surface area contributed by atoms with Gasteiger partial charge in [0.15, 0.2) is 5.60 Å². The predicted octanol–water partition coefficient (Wildman–Crippen LogP) is 6.14. The van der Waals surface area contributed by atoms with Crippen LogP contribution in [-0.2, 0) is 19.9 Å². The Balaban J connectivity index is 0.000000932. The van der Waals surface area contributed by atoms with E-state index in [0.29, 0.717) is 38.2 Å². The normalized spacial score (nSPS) is 16.9. The van der Waals surface area contributed by atoms with Gasteiger partial charge >= 0.3 is 0 Å². The molecule has 28 heavy (non-hydrogen) atoms. The van der Waals surface area contributed by atoms with E-state index in [1.165, 1.54) is 0 Å². The van der Waals surface area contributed by atoms with E-state index in [-0.39, 0.29) is 4.90 Å². The van der Waals surface area contributed by atoms with Crippen molar-refractivity contribution >= 4 is 33.3 Å². The van der Waals surface area contributed by atoms with Crippen molar-refractivity contribution in [3.05, 3.63) is 87.4 Å². The van der Waals surface area contributed by atoms with E-state index in [1.807, 2.05) is 13.8 Å². The summed E-state index contributed by atoms with van der Waals surface area (Å²) in [6.07, 6.45) is 0. The van der Waals surface area contributed by atoms with Crippen LogP contribution >= 0.6 is 23.2 Å². The van der Waals surface area contributed by atoms with Gasteiger partial charge in [0.1, 0.15) is 16.4 Å². The molecular weight excluding hydrogens is 419 g/mol. The van der Waals surface area contributed by atoms with Gasteiger partial charge in [-0.05, 0) is 30.3 Å². The fourth-order valence-corrected chi connectivity index (χ4v) is 5.36. The summed E-state index contributed by atoms with van der Waals surface area (Å²) in [5.41, 5.74) is 0.346. The van der Waals surface area contributed by atoms with Crippen LogP contribution in [0, 0.1) is 0 Å². The van der Waals surface area contributed by atoms with Gasteiger partial charge in [-0.2, -0.15) is 8.42 Å². The zero-order valence-corrected chi connectivity index (χ0v) is 17.4. The van der Waals surface area contributed by atoms with Crippen LogP contribution in [0.25, 0.3) is 0 Å². The number of benzene rings is 3. The number of ether oxygens (including phenoxy) is 1. The zero-order valence-electron chi connectivity index (χ0n) is 15.1. The lowest BCUT2D eigenvalue weighted by molar-refractivity contribution is 0.164. The first-order valence-corrected chi connectivity index (χ1v) is 10.9. The van der Waals surface area contributed by atoms with E-state index in [2.05, 4.69) is 0 Å². The molecule has 0 aromatic heterocycles. The second-order valence-corrected chi connectivity index (χ2v) is 8.49. The highest BCUT2D eigenvalue weighted by molar-refractivity contribution is 7.87. The molecule has 0 unspecified atom stereocenters. The summed E-state index contributed by atoms with van der Waals surface area (Å²) >= 11 is 12.2. The van der Waals surface area contributed by atoms with Crippen molar-refractivity contribution in [1.29, 1.82) is 0 Å². The lowest BCUT2D eigenvalue weighted by atomic mass is 9.78. The first-order chi connectivity index (χ1) is 13.4. The minimum atomic E-state index is -3.94. The fourth-order valence-electron chi connectivity index (χ4n) is 3.62. The van der Waals surface area contributed by atoms with Gasteiger partial charge in [-0.25, -0.2) is 4.18 Å². The molecule has 5 rings (SSSR count). The molecule has 2 aliphatic heterocycles. The fraction of sp³-hybridized carbons (Fsp3) is 0.143. The highest BCUT2D eigenvalue weighted by Gasteiger charge is 2.55. The minimum absolute atomic E-state index is 0.142. The van der Waals surface area contributed by atoms with Gasteiger partial charge in [-0.1, -0.05) is 67.4 Å². The van der Waals surface area contributed by atoms with Crippen molar-refractivity contribution in [3.63, 3.8) is 0 Å². The highest BCUT2D eigenvalue weighted by atomic mass is 35.5. The summed E-state index contributed by atoms with van der Waals surface area (Å²) in [6, 6.07) is 16.8. The highest BCUT2D eigenvalue weighted by Crippen LogP contribution is 2.58. The largest absolute Gasteiger partial charge is 0.456 e. The number of hydrogen-bond donors (Lipinski definition) is 0.